The van der Waals surface area contributed by atoms with Crippen LogP contribution in [0.1, 0.15) is 77.3 Å². The first-order valence-corrected chi connectivity index (χ1v) is 11.2. The summed E-state index contributed by atoms with van der Waals surface area (Å²) in [5.41, 5.74) is 1.35. The molecule has 0 saturated heterocycles. The standard InChI is InChI=1S/C20H28N6O2.C4H6/c1-3-15(13-21)22-9-10-23-18-12-17(25-26-18)14-5-6-16(11-14)28-19(27)24-20(2)7-4-8-20;1-3-4-2/h3,9,12,14,16H,4-8,10-11H2,1-2H3,(H,24,27)(H2,23,25,26);1H,4H2,2H3/b15-3-,22-9?;. The molecule has 2 aliphatic carbocycles. The van der Waals surface area contributed by atoms with Gasteiger partial charge in [0.2, 0.25) is 0 Å². The van der Waals surface area contributed by atoms with Crippen molar-refractivity contribution in [2.75, 3.05) is 11.9 Å². The lowest BCUT2D eigenvalue weighted by Gasteiger charge is -2.38. The van der Waals surface area contributed by atoms with Crippen molar-refractivity contribution in [3.8, 4) is 18.4 Å². The molecule has 1 aromatic rings. The van der Waals surface area contributed by atoms with E-state index in [1.807, 2.05) is 19.1 Å². The predicted octanol–water partition coefficient (Wildman–Crippen LogP) is 4.65. The number of aliphatic imine (C=N–C) groups is 1. The second-order valence-corrected chi connectivity index (χ2v) is 8.32. The van der Waals surface area contributed by atoms with Crippen LogP contribution in [0.5, 0.6) is 0 Å². The van der Waals surface area contributed by atoms with E-state index in [9.17, 15) is 4.79 Å². The van der Waals surface area contributed by atoms with Gasteiger partial charge in [-0.15, -0.1) is 12.3 Å². The Balaban J connectivity index is 0.000000837. The normalized spacial score (nSPS) is 21.5. The molecule has 32 heavy (non-hydrogen) atoms. The number of allylic oxidation sites excluding steroid dienone is 2. The van der Waals surface area contributed by atoms with E-state index in [0.717, 1.165) is 50.0 Å². The summed E-state index contributed by atoms with van der Waals surface area (Å²) in [6.07, 6.45) is 14.4. The number of nitrogens with one attached hydrogen (secondary N) is 3. The Morgan fingerprint density at radius 2 is 2.25 bits per heavy atom. The van der Waals surface area contributed by atoms with Crippen LogP contribution in [0, 0.1) is 23.7 Å². The molecule has 0 aromatic carbocycles. The minimum atomic E-state index is -0.294. The molecule has 2 saturated carbocycles. The Morgan fingerprint density at radius 1 is 1.50 bits per heavy atom. The molecule has 2 atom stereocenters. The average molecular weight is 439 g/mol. The highest BCUT2D eigenvalue weighted by Crippen LogP contribution is 2.36. The maximum atomic E-state index is 12.1. The van der Waals surface area contributed by atoms with Crippen molar-refractivity contribution < 1.29 is 9.53 Å². The third kappa shape index (κ3) is 7.77. The lowest BCUT2D eigenvalue weighted by atomic mass is 9.79. The van der Waals surface area contributed by atoms with Gasteiger partial charge in [-0.05, 0) is 52.4 Å². The van der Waals surface area contributed by atoms with Crippen LogP contribution >= 0.6 is 0 Å². The van der Waals surface area contributed by atoms with E-state index in [2.05, 4.69) is 38.7 Å². The summed E-state index contributed by atoms with van der Waals surface area (Å²) in [7, 11) is 0. The van der Waals surface area contributed by atoms with Crippen LogP contribution in [0.4, 0.5) is 10.6 Å². The quantitative estimate of drug-likeness (QED) is 0.325. The molecule has 1 heterocycles. The Kier molecular flexibility index (Phi) is 9.81. The van der Waals surface area contributed by atoms with Crippen LogP contribution in [0.3, 0.4) is 0 Å². The van der Waals surface area contributed by atoms with E-state index in [1.165, 1.54) is 6.42 Å². The summed E-state index contributed by atoms with van der Waals surface area (Å²) in [6.45, 7) is 6.27. The fourth-order valence-electron chi connectivity index (χ4n) is 3.69. The van der Waals surface area contributed by atoms with Gasteiger partial charge >= 0.3 is 6.09 Å². The molecule has 1 amide bonds. The molecule has 0 aliphatic heterocycles. The molecular formula is C24H34N6O2. The zero-order chi connectivity index (χ0) is 23.4. The van der Waals surface area contributed by atoms with Crippen molar-refractivity contribution in [3.05, 3.63) is 23.5 Å². The minimum absolute atomic E-state index is 0.0502. The molecule has 0 radical (unpaired) electrons. The Hall–Kier alpha value is -3.26. The first-order valence-electron chi connectivity index (χ1n) is 11.2. The summed E-state index contributed by atoms with van der Waals surface area (Å²) >= 11 is 0. The van der Waals surface area contributed by atoms with Crippen LogP contribution in [0.25, 0.3) is 0 Å². The van der Waals surface area contributed by atoms with Crippen LogP contribution < -0.4 is 10.6 Å². The number of anilines is 1. The van der Waals surface area contributed by atoms with Crippen molar-refractivity contribution in [1.29, 1.82) is 5.26 Å². The first kappa shape index (κ1) is 25.0. The topological polar surface area (TPSA) is 115 Å². The van der Waals surface area contributed by atoms with E-state index < -0.39 is 0 Å². The highest BCUT2D eigenvalue weighted by Gasteiger charge is 2.35. The first-order chi connectivity index (χ1) is 15.4. The molecule has 2 fully saturated rings. The molecule has 0 bridgehead atoms. The largest absolute Gasteiger partial charge is 0.446 e. The highest BCUT2D eigenvalue weighted by atomic mass is 16.6. The van der Waals surface area contributed by atoms with Gasteiger partial charge in [0.1, 0.15) is 23.7 Å². The Labute approximate surface area is 190 Å². The van der Waals surface area contributed by atoms with Crippen molar-refractivity contribution in [2.45, 2.75) is 83.3 Å². The van der Waals surface area contributed by atoms with Crippen molar-refractivity contribution >= 4 is 18.1 Å². The SMILES string of the molecule is C#CCC.C/C=C(/C#N)N=CCNc1cc(C2CCC(OC(=O)NC3(C)CCC3)C2)[nH]n1. The summed E-state index contributed by atoms with van der Waals surface area (Å²) in [5, 5.41) is 22.3. The smallest absolute Gasteiger partial charge is 0.407 e. The molecular weight excluding hydrogens is 404 g/mol. The number of carbonyl (C=O) groups is 1. The summed E-state index contributed by atoms with van der Waals surface area (Å²) in [5.74, 6) is 3.47. The van der Waals surface area contributed by atoms with Crippen LogP contribution in [0.2, 0.25) is 0 Å². The molecule has 8 heteroatoms. The number of aromatic amines is 1. The number of hydrogen-bond acceptors (Lipinski definition) is 6. The van der Waals surface area contributed by atoms with Gasteiger partial charge in [-0.3, -0.25) is 5.10 Å². The lowest BCUT2D eigenvalue weighted by molar-refractivity contribution is 0.0813. The van der Waals surface area contributed by atoms with E-state index in [1.54, 1.807) is 19.2 Å². The average Bonchev–Trinajstić information content (AvgIpc) is 3.42. The monoisotopic (exact) mass is 438 g/mol. The van der Waals surface area contributed by atoms with Gasteiger partial charge in [0.15, 0.2) is 0 Å². The summed E-state index contributed by atoms with van der Waals surface area (Å²) < 4.78 is 5.62. The number of ether oxygens (including phenoxy) is 1. The third-order valence-electron chi connectivity index (χ3n) is 5.75. The van der Waals surface area contributed by atoms with Crippen molar-refractivity contribution in [3.63, 3.8) is 0 Å². The van der Waals surface area contributed by atoms with Crippen molar-refractivity contribution in [2.24, 2.45) is 4.99 Å². The number of carbonyl (C=O) groups excluding carboxylic acids is 1. The van der Waals surface area contributed by atoms with Gasteiger partial charge < -0.3 is 15.4 Å². The molecule has 3 N–H and O–H groups in total. The number of nitrogens with zero attached hydrogens (tertiary/aromatic N) is 3. The molecule has 0 spiro atoms. The summed E-state index contributed by atoms with van der Waals surface area (Å²) in [6, 6.07) is 3.98. The molecule has 8 nitrogen and oxygen atoms in total. The number of H-pyrrole nitrogens is 1. The van der Waals surface area contributed by atoms with E-state index >= 15 is 0 Å². The number of terminal acetylenes is 1. The van der Waals surface area contributed by atoms with Crippen LogP contribution in [0.15, 0.2) is 22.8 Å². The fourth-order valence-corrected chi connectivity index (χ4v) is 3.69. The zero-order valence-electron chi connectivity index (χ0n) is 19.3. The second-order valence-electron chi connectivity index (χ2n) is 8.32. The maximum absolute atomic E-state index is 12.1. The van der Waals surface area contributed by atoms with Crippen LogP contribution in [-0.2, 0) is 4.74 Å². The fraction of sp³-hybridized carbons (Fsp3) is 0.583. The van der Waals surface area contributed by atoms with E-state index in [0.29, 0.717) is 18.2 Å². The second kappa shape index (κ2) is 12.6. The van der Waals surface area contributed by atoms with Crippen LogP contribution in [-0.4, -0.2) is 40.7 Å². The van der Waals surface area contributed by atoms with E-state index in [-0.39, 0.29) is 17.7 Å². The van der Waals surface area contributed by atoms with Gasteiger partial charge in [-0.1, -0.05) is 13.0 Å². The Morgan fingerprint density at radius 3 is 2.84 bits per heavy atom. The van der Waals surface area contributed by atoms with Gasteiger partial charge in [-0.2, -0.15) is 10.4 Å². The molecule has 2 unspecified atom stereocenters. The minimum Gasteiger partial charge on any atom is -0.446 e. The Bertz CT molecular complexity index is 885. The lowest BCUT2D eigenvalue weighted by Crippen LogP contribution is -2.51. The van der Waals surface area contributed by atoms with Gasteiger partial charge in [0.25, 0.3) is 0 Å². The zero-order valence-corrected chi connectivity index (χ0v) is 19.3. The summed E-state index contributed by atoms with van der Waals surface area (Å²) in [4.78, 5) is 16.1. The van der Waals surface area contributed by atoms with Gasteiger partial charge in [0.05, 0.1) is 6.54 Å². The highest BCUT2D eigenvalue weighted by molar-refractivity contribution is 5.68. The molecule has 172 valence electrons. The number of amides is 1. The van der Waals surface area contributed by atoms with Gasteiger partial charge in [0, 0.05) is 35.9 Å². The number of alkyl carbamates (subject to hydrolysis) is 1. The van der Waals surface area contributed by atoms with Gasteiger partial charge in [-0.25, -0.2) is 9.79 Å². The van der Waals surface area contributed by atoms with E-state index in [4.69, 9.17) is 16.4 Å². The maximum Gasteiger partial charge on any atom is 0.407 e. The molecule has 1 aromatic heterocycles. The third-order valence-corrected chi connectivity index (χ3v) is 5.75. The number of hydrogen-bond donors (Lipinski definition) is 3. The molecule has 2 aliphatic rings. The molecule has 3 rings (SSSR count). The number of rotatable bonds is 7. The predicted molar refractivity (Wildman–Crippen MR) is 126 cm³/mol. The van der Waals surface area contributed by atoms with Crippen molar-refractivity contribution in [1.82, 2.24) is 15.5 Å². The number of aromatic nitrogens is 2. The number of nitriles is 1.